The van der Waals surface area contributed by atoms with Crippen LogP contribution in [0.25, 0.3) is 22.8 Å². The number of nitrogen functional groups attached to an aromatic ring is 1. The average molecular weight is 305 g/mol. The molecule has 0 saturated heterocycles. The third-order valence-electron chi connectivity index (χ3n) is 3.94. The van der Waals surface area contributed by atoms with Crippen molar-refractivity contribution in [2.24, 2.45) is 0 Å². The predicted molar refractivity (Wildman–Crippen MR) is 87.7 cm³/mol. The molecule has 0 fully saturated rings. The molecule has 0 unspecified atom stereocenters. The van der Waals surface area contributed by atoms with Crippen molar-refractivity contribution in [3.63, 3.8) is 0 Å². The van der Waals surface area contributed by atoms with Crippen molar-refractivity contribution in [1.29, 1.82) is 0 Å². The molecule has 0 spiro atoms. The third-order valence-corrected chi connectivity index (χ3v) is 3.94. The van der Waals surface area contributed by atoms with Gasteiger partial charge in [0.25, 0.3) is 5.91 Å². The Morgan fingerprint density at radius 1 is 1.13 bits per heavy atom. The van der Waals surface area contributed by atoms with E-state index in [1.807, 2.05) is 36.4 Å². The second-order valence-electron chi connectivity index (χ2n) is 5.43. The third kappa shape index (κ3) is 2.34. The number of H-pyrrole nitrogens is 1. The minimum absolute atomic E-state index is 0.0460. The summed E-state index contributed by atoms with van der Waals surface area (Å²) < 4.78 is 0. The molecule has 0 bridgehead atoms. The van der Waals surface area contributed by atoms with Crippen molar-refractivity contribution in [3.8, 4) is 22.8 Å². The first kappa shape index (κ1) is 13.5. The second kappa shape index (κ2) is 5.24. The molecule has 1 amide bonds. The molecule has 1 aliphatic heterocycles. The quantitative estimate of drug-likeness (QED) is 0.631. The molecule has 0 radical (unpaired) electrons. The summed E-state index contributed by atoms with van der Waals surface area (Å²) in [5.74, 6) is 0.521. The van der Waals surface area contributed by atoms with Gasteiger partial charge in [0.1, 0.15) is 0 Å². The summed E-state index contributed by atoms with van der Waals surface area (Å²) in [4.78, 5) is 24.1. The highest BCUT2D eigenvalue weighted by atomic mass is 16.1. The molecule has 0 atom stereocenters. The molecule has 6 nitrogen and oxygen atoms in total. The van der Waals surface area contributed by atoms with Gasteiger partial charge in [0, 0.05) is 36.1 Å². The Bertz CT molecular complexity index is 900. The van der Waals surface area contributed by atoms with Crippen molar-refractivity contribution in [2.45, 2.75) is 6.42 Å². The van der Waals surface area contributed by atoms with E-state index >= 15 is 0 Å². The van der Waals surface area contributed by atoms with Gasteiger partial charge in [-0.25, -0.2) is 9.97 Å². The molecule has 3 heterocycles. The summed E-state index contributed by atoms with van der Waals surface area (Å²) in [6.07, 6.45) is 2.49. The van der Waals surface area contributed by atoms with E-state index in [0.717, 1.165) is 29.1 Å². The fourth-order valence-electron chi connectivity index (χ4n) is 2.77. The van der Waals surface area contributed by atoms with Crippen LogP contribution in [0.2, 0.25) is 0 Å². The number of nitrogens with zero attached hydrogens (tertiary/aromatic N) is 2. The summed E-state index contributed by atoms with van der Waals surface area (Å²) in [6.45, 7) is 0.654. The number of para-hydroxylation sites is 1. The van der Waals surface area contributed by atoms with Gasteiger partial charge in [-0.3, -0.25) is 4.79 Å². The van der Waals surface area contributed by atoms with Crippen molar-refractivity contribution >= 4 is 11.6 Å². The highest BCUT2D eigenvalue weighted by Gasteiger charge is 2.20. The number of carbonyl (C=O) groups excluding carboxylic acids is 1. The van der Waals surface area contributed by atoms with E-state index < -0.39 is 0 Å². The highest BCUT2D eigenvalue weighted by molar-refractivity contribution is 5.97. The number of nitrogens with two attached hydrogens (primary N) is 1. The lowest BCUT2D eigenvalue weighted by Crippen LogP contribution is -2.31. The predicted octanol–water partition coefficient (Wildman–Crippen LogP) is 2.01. The number of hydrogen-bond acceptors (Lipinski definition) is 4. The van der Waals surface area contributed by atoms with Crippen LogP contribution in [0, 0.1) is 0 Å². The molecule has 6 heteroatoms. The maximum Gasteiger partial charge on any atom is 0.253 e. The molecule has 0 aliphatic carbocycles. The number of rotatable bonds is 2. The normalized spacial score (nSPS) is 13.5. The average Bonchev–Trinajstić information content (AvgIpc) is 3.01. The van der Waals surface area contributed by atoms with Crippen LogP contribution in [0.1, 0.15) is 16.1 Å². The number of aromatic amines is 1. The Labute approximate surface area is 132 Å². The van der Waals surface area contributed by atoms with E-state index in [4.69, 9.17) is 5.73 Å². The number of hydrogen-bond donors (Lipinski definition) is 3. The lowest BCUT2D eigenvalue weighted by molar-refractivity contribution is 0.0946. The molecule has 114 valence electrons. The van der Waals surface area contributed by atoms with Gasteiger partial charge in [0.05, 0.1) is 17.0 Å². The van der Waals surface area contributed by atoms with Gasteiger partial charge >= 0.3 is 0 Å². The summed E-state index contributed by atoms with van der Waals surface area (Å²) in [5.41, 5.74) is 10.6. The van der Waals surface area contributed by atoms with E-state index in [9.17, 15) is 4.79 Å². The lowest BCUT2D eigenvalue weighted by Gasteiger charge is -2.10. The fraction of sp³-hybridized carbons (Fsp3) is 0.118. The maximum atomic E-state index is 11.9. The summed E-state index contributed by atoms with van der Waals surface area (Å²) in [5, 5.41) is 2.84. The lowest BCUT2D eigenvalue weighted by atomic mass is 10.1. The van der Waals surface area contributed by atoms with Crippen molar-refractivity contribution < 1.29 is 4.79 Å². The number of carbonyl (C=O) groups is 1. The van der Waals surface area contributed by atoms with Gasteiger partial charge in [-0.05, 0) is 24.3 Å². The van der Waals surface area contributed by atoms with Crippen molar-refractivity contribution in [1.82, 2.24) is 20.3 Å². The Morgan fingerprint density at radius 3 is 2.83 bits per heavy atom. The first-order valence-electron chi connectivity index (χ1n) is 7.41. The number of fused-ring (bicyclic) bond motifs is 1. The molecule has 4 N–H and O–H groups in total. The van der Waals surface area contributed by atoms with E-state index in [0.29, 0.717) is 23.6 Å². The molecule has 0 saturated carbocycles. The standard InChI is InChI=1S/C17H15N5O/c18-12-4-2-1-3-10(12)16-19-7-6-14(22-16)15-9-11-13(21-15)5-8-20-17(11)23/h1-4,6-7,9,21H,5,8,18H2,(H,20,23). The number of aromatic nitrogens is 3. The van der Waals surface area contributed by atoms with Crippen LogP contribution >= 0.6 is 0 Å². The molecule has 1 aromatic carbocycles. The zero-order chi connectivity index (χ0) is 15.8. The SMILES string of the molecule is Nc1ccccc1-c1nccc(-c2cc3c([nH]2)CCNC3=O)n1. The highest BCUT2D eigenvalue weighted by Crippen LogP contribution is 2.26. The maximum absolute atomic E-state index is 11.9. The molecule has 2 aromatic heterocycles. The largest absolute Gasteiger partial charge is 0.398 e. The first-order valence-corrected chi connectivity index (χ1v) is 7.41. The van der Waals surface area contributed by atoms with E-state index in [2.05, 4.69) is 20.3 Å². The van der Waals surface area contributed by atoms with Crippen LogP contribution in [-0.2, 0) is 6.42 Å². The smallest absolute Gasteiger partial charge is 0.253 e. The van der Waals surface area contributed by atoms with Gasteiger partial charge in [-0.1, -0.05) is 12.1 Å². The summed E-state index contributed by atoms with van der Waals surface area (Å²) in [7, 11) is 0. The summed E-state index contributed by atoms with van der Waals surface area (Å²) >= 11 is 0. The number of benzene rings is 1. The minimum Gasteiger partial charge on any atom is -0.398 e. The topological polar surface area (TPSA) is 96.7 Å². The molecule has 1 aliphatic rings. The Kier molecular flexibility index (Phi) is 3.08. The van der Waals surface area contributed by atoms with Crippen LogP contribution < -0.4 is 11.1 Å². The number of amides is 1. The van der Waals surface area contributed by atoms with Crippen molar-refractivity contribution in [2.75, 3.05) is 12.3 Å². The Morgan fingerprint density at radius 2 is 2.00 bits per heavy atom. The number of nitrogens with one attached hydrogen (secondary N) is 2. The Hall–Kier alpha value is -3.15. The Balaban J connectivity index is 1.78. The molecular formula is C17H15N5O. The van der Waals surface area contributed by atoms with Crippen LogP contribution in [0.3, 0.4) is 0 Å². The van der Waals surface area contributed by atoms with Crippen LogP contribution in [0.15, 0.2) is 42.6 Å². The van der Waals surface area contributed by atoms with Crippen molar-refractivity contribution in [3.05, 3.63) is 53.9 Å². The summed E-state index contributed by atoms with van der Waals surface area (Å²) in [6, 6.07) is 11.1. The molecular weight excluding hydrogens is 290 g/mol. The minimum atomic E-state index is -0.0460. The van der Waals surface area contributed by atoms with Gasteiger partial charge in [0.15, 0.2) is 5.82 Å². The monoisotopic (exact) mass is 305 g/mol. The fourth-order valence-corrected chi connectivity index (χ4v) is 2.77. The van der Waals surface area contributed by atoms with Gasteiger partial charge < -0.3 is 16.0 Å². The van der Waals surface area contributed by atoms with Gasteiger partial charge in [0.2, 0.25) is 0 Å². The number of anilines is 1. The van der Waals surface area contributed by atoms with E-state index in [1.54, 1.807) is 6.20 Å². The van der Waals surface area contributed by atoms with E-state index in [-0.39, 0.29) is 5.91 Å². The van der Waals surface area contributed by atoms with Crippen LogP contribution in [0.5, 0.6) is 0 Å². The van der Waals surface area contributed by atoms with Crippen LogP contribution in [-0.4, -0.2) is 27.4 Å². The molecule has 4 rings (SSSR count). The first-order chi connectivity index (χ1) is 11.2. The van der Waals surface area contributed by atoms with Gasteiger partial charge in [-0.2, -0.15) is 0 Å². The second-order valence-corrected chi connectivity index (χ2v) is 5.43. The molecule has 3 aromatic rings. The zero-order valence-electron chi connectivity index (χ0n) is 12.3. The molecule has 23 heavy (non-hydrogen) atoms. The van der Waals surface area contributed by atoms with Gasteiger partial charge in [-0.15, -0.1) is 0 Å². The van der Waals surface area contributed by atoms with Crippen LogP contribution in [0.4, 0.5) is 5.69 Å². The zero-order valence-corrected chi connectivity index (χ0v) is 12.3. The van der Waals surface area contributed by atoms with E-state index in [1.165, 1.54) is 0 Å².